The van der Waals surface area contributed by atoms with Crippen LogP contribution in [-0.2, 0) is 9.53 Å². The molecule has 0 aliphatic carbocycles. The van der Waals surface area contributed by atoms with E-state index in [0.717, 1.165) is 10.9 Å². The lowest BCUT2D eigenvalue weighted by molar-refractivity contribution is -0.481. The zero-order valence-corrected chi connectivity index (χ0v) is 11.8. The van der Waals surface area contributed by atoms with Crippen LogP contribution in [0.2, 0.25) is 0 Å². The number of aromatic nitrogens is 1. The van der Waals surface area contributed by atoms with Gasteiger partial charge in [0.1, 0.15) is 5.92 Å². The Morgan fingerprint density at radius 3 is 2.65 bits per heavy atom. The Morgan fingerprint density at radius 2 is 2.05 bits per heavy atom. The van der Waals surface area contributed by atoms with E-state index in [2.05, 4.69) is 9.72 Å². The van der Waals surface area contributed by atoms with E-state index in [1.807, 2.05) is 38.1 Å². The molecule has 1 atom stereocenters. The Hall–Kier alpha value is -2.37. The molecule has 0 spiro atoms. The molecule has 108 valence electrons. The van der Waals surface area contributed by atoms with Crippen molar-refractivity contribution in [2.45, 2.75) is 19.8 Å². The third kappa shape index (κ3) is 3.34. The van der Waals surface area contributed by atoms with Crippen molar-refractivity contribution in [1.82, 2.24) is 4.98 Å². The number of esters is 1. The largest absolute Gasteiger partial charge is 0.468 e. The van der Waals surface area contributed by atoms with Gasteiger partial charge in [-0.1, -0.05) is 32.0 Å². The van der Waals surface area contributed by atoms with Gasteiger partial charge in [0.25, 0.3) is 0 Å². The zero-order chi connectivity index (χ0) is 15.1. The minimum Gasteiger partial charge on any atom is -0.468 e. The fourth-order valence-electron chi connectivity index (χ4n) is 1.97. The molecular weight excluding hydrogens is 260 g/mol. The second-order valence-electron chi connectivity index (χ2n) is 3.88. The van der Waals surface area contributed by atoms with Crippen LogP contribution in [-0.4, -0.2) is 29.5 Å². The maximum Gasteiger partial charge on any atom is 0.319 e. The van der Waals surface area contributed by atoms with Gasteiger partial charge in [0.2, 0.25) is 6.54 Å². The van der Waals surface area contributed by atoms with Crippen molar-refractivity contribution in [1.29, 1.82) is 0 Å². The topological polar surface area (TPSA) is 85.2 Å². The number of nitro groups is 1. The predicted molar refractivity (Wildman–Crippen MR) is 76.3 cm³/mol. The summed E-state index contributed by atoms with van der Waals surface area (Å²) in [5, 5.41) is 11.4. The number of carbonyl (C=O) groups excluding carboxylic acids is 1. The molecule has 0 fully saturated rings. The highest BCUT2D eigenvalue weighted by Crippen LogP contribution is 2.26. The average Bonchev–Trinajstić information content (AvgIpc) is 2.89. The third-order valence-electron chi connectivity index (χ3n) is 2.81. The van der Waals surface area contributed by atoms with Gasteiger partial charge in [0.05, 0.1) is 7.11 Å². The van der Waals surface area contributed by atoms with Crippen molar-refractivity contribution < 1.29 is 14.5 Å². The summed E-state index contributed by atoms with van der Waals surface area (Å²) in [7, 11) is 1.23. The number of benzene rings is 1. The van der Waals surface area contributed by atoms with E-state index in [1.165, 1.54) is 7.11 Å². The van der Waals surface area contributed by atoms with Crippen molar-refractivity contribution in [2.75, 3.05) is 13.7 Å². The van der Waals surface area contributed by atoms with Crippen LogP contribution in [0.5, 0.6) is 0 Å². The van der Waals surface area contributed by atoms with E-state index in [0.29, 0.717) is 5.56 Å². The van der Waals surface area contributed by atoms with E-state index in [9.17, 15) is 14.9 Å². The number of hydrogen-bond donors (Lipinski definition) is 1. The smallest absolute Gasteiger partial charge is 0.319 e. The van der Waals surface area contributed by atoms with Gasteiger partial charge in [-0.15, -0.1) is 0 Å². The van der Waals surface area contributed by atoms with Gasteiger partial charge in [-0.05, 0) is 11.6 Å². The number of H-pyrrole nitrogens is 1. The molecule has 20 heavy (non-hydrogen) atoms. The molecule has 1 unspecified atom stereocenters. The van der Waals surface area contributed by atoms with Crippen LogP contribution in [0.15, 0.2) is 30.5 Å². The maximum atomic E-state index is 11.6. The number of ether oxygens (including phenoxy) is 1. The standard InChI is InChI=1S/C12H12N2O4.C2H6/c1-18-12(15)10(7-14(16)17)9-6-13-11-5-3-2-4-8(9)11;1-2/h2-6,10,13H,7H2,1H3;1-2H3. The van der Waals surface area contributed by atoms with Crippen LogP contribution in [0.25, 0.3) is 10.9 Å². The lowest BCUT2D eigenvalue weighted by Crippen LogP contribution is -2.22. The first-order valence-corrected chi connectivity index (χ1v) is 6.39. The first kappa shape index (κ1) is 15.7. The average molecular weight is 278 g/mol. The number of para-hydroxylation sites is 1. The van der Waals surface area contributed by atoms with Crippen molar-refractivity contribution in [3.8, 4) is 0 Å². The number of rotatable bonds is 4. The summed E-state index contributed by atoms with van der Waals surface area (Å²) in [4.78, 5) is 24.8. The molecule has 1 aromatic heterocycles. The van der Waals surface area contributed by atoms with Gasteiger partial charge in [-0.25, -0.2) is 0 Å². The first-order chi connectivity index (χ1) is 9.63. The summed E-state index contributed by atoms with van der Waals surface area (Å²) in [6.45, 7) is 3.52. The lowest BCUT2D eigenvalue weighted by Gasteiger charge is -2.09. The number of carbonyl (C=O) groups is 1. The number of nitrogens with zero attached hydrogens (tertiary/aromatic N) is 1. The fourth-order valence-corrected chi connectivity index (χ4v) is 1.97. The normalized spacial score (nSPS) is 11.3. The molecule has 1 heterocycles. The quantitative estimate of drug-likeness (QED) is 0.529. The molecule has 6 heteroatoms. The van der Waals surface area contributed by atoms with Gasteiger partial charge < -0.3 is 9.72 Å². The minimum atomic E-state index is -0.888. The van der Waals surface area contributed by atoms with E-state index < -0.39 is 23.4 Å². The minimum absolute atomic E-state index is 0.478. The van der Waals surface area contributed by atoms with E-state index >= 15 is 0 Å². The number of nitrogens with one attached hydrogen (secondary N) is 1. The van der Waals surface area contributed by atoms with Crippen LogP contribution in [0.3, 0.4) is 0 Å². The van der Waals surface area contributed by atoms with Gasteiger partial charge in [-0.3, -0.25) is 14.9 Å². The summed E-state index contributed by atoms with van der Waals surface area (Å²) in [5.41, 5.74) is 1.43. The van der Waals surface area contributed by atoms with Crippen LogP contribution >= 0.6 is 0 Å². The highest BCUT2D eigenvalue weighted by molar-refractivity contribution is 5.89. The summed E-state index contributed by atoms with van der Waals surface area (Å²) in [6.07, 6.45) is 1.62. The fraction of sp³-hybridized carbons (Fsp3) is 0.357. The number of fused-ring (bicyclic) bond motifs is 1. The molecule has 0 radical (unpaired) electrons. The molecule has 0 aliphatic rings. The highest BCUT2D eigenvalue weighted by atomic mass is 16.6. The first-order valence-electron chi connectivity index (χ1n) is 6.39. The Balaban J connectivity index is 0.000000956. The lowest BCUT2D eigenvalue weighted by atomic mass is 9.99. The molecule has 1 aromatic carbocycles. The van der Waals surface area contributed by atoms with Crippen LogP contribution < -0.4 is 0 Å². The third-order valence-corrected chi connectivity index (χ3v) is 2.81. The highest BCUT2D eigenvalue weighted by Gasteiger charge is 2.29. The van der Waals surface area contributed by atoms with Crippen LogP contribution in [0.4, 0.5) is 0 Å². The monoisotopic (exact) mass is 278 g/mol. The second kappa shape index (κ2) is 7.28. The van der Waals surface area contributed by atoms with E-state index in [1.54, 1.807) is 6.20 Å². The van der Waals surface area contributed by atoms with Crippen molar-refractivity contribution in [3.63, 3.8) is 0 Å². The molecule has 0 bridgehead atoms. The molecule has 2 aromatic rings. The van der Waals surface area contributed by atoms with Crippen LogP contribution in [0, 0.1) is 10.1 Å². The SMILES string of the molecule is CC.COC(=O)C(C[N+](=O)[O-])c1c[nH]c2ccccc12. The molecule has 6 nitrogen and oxygen atoms in total. The molecule has 0 aliphatic heterocycles. The Morgan fingerprint density at radius 1 is 1.40 bits per heavy atom. The van der Waals surface area contributed by atoms with Gasteiger partial charge >= 0.3 is 5.97 Å². The Bertz CT molecular complexity index is 592. The van der Waals surface area contributed by atoms with E-state index in [4.69, 9.17) is 0 Å². The molecule has 0 saturated carbocycles. The number of hydrogen-bond acceptors (Lipinski definition) is 4. The summed E-state index contributed by atoms with van der Waals surface area (Å²) < 4.78 is 4.63. The van der Waals surface area contributed by atoms with Crippen molar-refractivity contribution >= 4 is 16.9 Å². The van der Waals surface area contributed by atoms with Gasteiger partial charge in [0.15, 0.2) is 0 Å². The van der Waals surface area contributed by atoms with Crippen LogP contribution in [0.1, 0.15) is 25.3 Å². The molecule has 2 rings (SSSR count). The number of aromatic amines is 1. The zero-order valence-electron chi connectivity index (χ0n) is 11.8. The Labute approximate surface area is 116 Å². The van der Waals surface area contributed by atoms with Gasteiger partial charge in [0, 0.05) is 22.0 Å². The summed E-state index contributed by atoms with van der Waals surface area (Å²) >= 11 is 0. The molecule has 0 saturated heterocycles. The van der Waals surface area contributed by atoms with Gasteiger partial charge in [-0.2, -0.15) is 0 Å². The molecular formula is C14H18N2O4. The second-order valence-corrected chi connectivity index (χ2v) is 3.88. The predicted octanol–water partition coefficient (Wildman–Crippen LogP) is 2.73. The molecule has 1 N–H and O–H groups in total. The van der Waals surface area contributed by atoms with E-state index in [-0.39, 0.29) is 0 Å². The Kier molecular flexibility index (Phi) is 5.71. The summed E-state index contributed by atoms with van der Waals surface area (Å²) in [6, 6.07) is 7.33. The number of methoxy groups -OCH3 is 1. The van der Waals surface area contributed by atoms with Crippen molar-refractivity contribution in [3.05, 3.63) is 46.1 Å². The maximum absolute atomic E-state index is 11.6. The summed E-state index contributed by atoms with van der Waals surface area (Å²) in [5.74, 6) is -1.49. The molecule has 0 amide bonds. The van der Waals surface area contributed by atoms with Crippen molar-refractivity contribution in [2.24, 2.45) is 0 Å².